The van der Waals surface area contributed by atoms with Gasteiger partial charge in [-0.1, -0.05) is 60.8 Å². The molecule has 2 N–H and O–H groups in total. The lowest BCUT2D eigenvalue weighted by Gasteiger charge is -2.26. The fraction of sp³-hybridized carbons (Fsp3) is 0.857. The average molecular weight is 401 g/mol. The quantitative estimate of drug-likeness (QED) is 0.342. The van der Waals surface area contributed by atoms with E-state index in [1.165, 1.54) is 0 Å². The van der Waals surface area contributed by atoms with Gasteiger partial charge in [-0.25, -0.2) is 9.59 Å². The van der Waals surface area contributed by atoms with Crippen LogP contribution >= 0.6 is 0 Å². The van der Waals surface area contributed by atoms with E-state index in [1.54, 1.807) is 0 Å². The molecule has 0 rings (SSSR count). The molecule has 0 saturated heterocycles. The fourth-order valence-electron chi connectivity index (χ4n) is 2.53. The van der Waals surface area contributed by atoms with E-state index >= 15 is 0 Å². The van der Waals surface area contributed by atoms with Gasteiger partial charge in [0.2, 0.25) is 5.91 Å². The summed E-state index contributed by atoms with van der Waals surface area (Å²) in [5, 5.41) is 5.42. The first kappa shape index (κ1) is 26.2. The number of carbonyl (C=O) groups is 3. The number of hydrogen-bond acceptors (Lipinski definition) is 5. The van der Waals surface area contributed by atoms with Crippen molar-refractivity contribution < 1.29 is 23.9 Å². The van der Waals surface area contributed by atoms with Crippen LogP contribution in [-0.2, 0) is 19.1 Å². The summed E-state index contributed by atoms with van der Waals surface area (Å²) in [4.78, 5) is 37.3. The normalized spacial score (nSPS) is 14.1. The number of esters is 1. The average Bonchev–Trinajstić information content (AvgIpc) is 2.64. The molecule has 0 aromatic heterocycles. The van der Waals surface area contributed by atoms with Crippen molar-refractivity contribution in [1.82, 2.24) is 10.6 Å². The van der Waals surface area contributed by atoms with E-state index in [9.17, 15) is 14.4 Å². The first-order chi connectivity index (χ1) is 13.3. The zero-order valence-corrected chi connectivity index (χ0v) is 18.5. The Labute approximate surface area is 170 Å². The third-order valence-electron chi connectivity index (χ3n) is 4.55. The van der Waals surface area contributed by atoms with Crippen molar-refractivity contribution in [3.05, 3.63) is 0 Å². The van der Waals surface area contributed by atoms with Crippen LogP contribution in [0, 0.1) is 11.8 Å². The molecular formula is C21H40N2O5. The molecule has 3 unspecified atom stereocenters. The molecule has 0 aliphatic heterocycles. The van der Waals surface area contributed by atoms with E-state index in [2.05, 4.69) is 10.6 Å². The van der Waals surface area contributed by atoms with Crippen LogP contribution in [0.4, 0.5) is 4.79 Å². The summed E-state index contributed by atoms with van der Waals surface area (Å²) in [7, 11) is 0. The molecule has 0 bridgehead atoms. The van der Waals surface area contributed by atoms with E-state index in [0.29, 0.717) is 19.6 Å². The molecule has 0 aliphatic carbocycles. The van der Waals surface area contributed by atoms with Gasteiger partial charge in [0, 0.05) is 0 Å². The van der Waals surface area contributed by atoms with Crippen molar-refractivity contribution >= 4 is 18.0 Å². The Bertz CT molecular complexity index is 468. The minimum Gasteiger partial charge on any atom is -0.464 e. The highest BCUT2D eigenvalue weighted by Gasteiger charge is 2.31. The predicted octanol–water partition coefficient (Wildman–Crippen LogP) is 3.80. The first-order valence-corrected chi connectivity index (χ1v) is 10.7. The molecule has 164 valence electrons. The smallest absolute Gasteiger partial charge is 0.407 e. The molecule has 0 aromatic carbocycles. The number of ether oxygens (including phenoxy) is 2. The summed E-state index contributed by atoms with van der Waals surface area (Å²) < 4.78 is 10.4. The van der Waals surface area contributed by atoms with Gasteiger partial charge in [0.1, 0.15) is 12.1 Å². The highest BCUT2D eigenvalue weighted by Crippen LogP contribution is 2.12. The van der Waals surface area contributed by atoms with Crippen LogP contribution in [0.5, 0.6) is 0 Å². The summed E-state index contributed by atoms with van der Waals surface area (Å²) >= 11 is 0. The molecule has 0 radical (unpaired) electrons. The SMILES string of the molecule is CCCCOC(=O)NC(CC(C)C)C(=O)NC(C(=O)OCCCC)C(C)CC. The molecule has 2 amide bonds. The van der Waals surface area contributed by atoms with Gasteiger partial charge in [-0.2, -0.15) is 0 Å². The van der Waals surface area contributed by atoms with Gasteiger partial charge < -0.3 is 20.1 Å². The molecule has 28 heavy (non-hydrogen) atoms. The van der Waals surface area contributed by atoms with E-state index in [4.69, 9.17) is 9.47 Å². The lowest BCUT2D eigenvalue weighted by atomic mass is 9.97. The van der Waals surface area contributed by atoms with Crippen molar-refractivity contribution in [3.63, 3.8) is 0 Å². The summed E-state index contributed by atoms with van der Waals surface area (Å²) in [6.45, 7) is 12.5. The second-order valence-electron chi connectivity index (χ2n) is 7.71. The van der Waals surface area contributed by atoms with Crippen molar-refractivity contribution in [2.45, 2.75) is 92.2 Å². The van der Waals surface area contributed by atoms with Crippen LogP contribution in [0.15, 0.2) is 0 Å². The Morgan fingerprint density at radius 1 is 0.857 bits per heavy atom. The van der Waals surface area contributed by atoms with Gasteiger partial charge in [-0.3, -0.25) is 4.79 Å². The van der Waals surface area contributed by atoms with Gasteiger partial charge in [0.25, 0.3) is 0 Å². The molecule has 0 fully saturated rings. The van der Waals surface area contributed by atoms with Gasteiger partial charge in [0.05, 0.1) is 13.2 Å². The fourth-order valence-corrected chi connectivity index (χ4v) is 2.53. The largest absolute Gasteiger partial charge is 0.464 e. The number of rotatable bonds is 14. The first-order valence-electron chi connectivity index (χ1n) is 10.7. The van der Waals surface area contributed by atoms with Gasteiger partial charge in [0.15, 0.2) is 0 Å². The number of nitrogens with one attached hydrogen (secondary N) is 2. The minimum atomic E-state index is -0.760. The monoisotopic (exact) mass is 400 g/mol. The van der Waals surface area contributed by atoms with Crippen LogP contribution in [-0.4, -0.2) is 43.3 Å². The molecule has 0 aliphatic rings. The van der Waals surface area contributed by atoms with E-state index in [0.717, 1.165) is 32.1 Å². The van der Waals surface area contributed by atoms with Crippen LogP contribution in [0.2, 0.25) is 0 Å². The van der Waals surface area contributed by atoms with Gasteiger partial charge >= 0.3 is 12.1 Å². The zero-order valence-electron chi connectivity index (χ0n) is 18.5. The van der Waals surface area contributed by atoms with Gasteiger partial charge in [-0.05, 0) is 31.1 Å². The number of carbonyl (C=O) groups excluding carboxylic acids is 3. The summed E-state index contributed by atoms with van der Waals surface area (Å²) in [6.07, 6.45) is 3.96. The van der Waals surface area contributed by atoms with Crippen molar-refractivity contribution in [2.75, 3.05) is 13.2 Å². The second-order valence-corrected chi connectivity index (χ2v) is 7.71. The van der Waals surface area contributed by atoms with Crippen LogP contribution in [0.3, 0.4) is 0 Å². The molecule has 3 atom stereocenters. The second kappa shape index (κ2) is 15.2. The summed E-state index contributed by atoms with van der Waals surface area (Å²) in [5.74, 6) is -0.705. The molecule has 0 saturated carbocycles. The predicted molar refractivity (Wildman–Crippen MR) is 110 cm³/mol. The van der Waals surface area contributed by atoms with Crippen molar-refractivity contribution in [2.24, 2.45) is 11.8 Å². The van der Waals surface area contributed by atoms with Crippen molar-refractivity contribution in [3.8, 4) is 0 Å². The highest BCUT2D eigenvalue weighted by atomic mass is 16.5. The molecule has 7 heteroatoms. The van der Waals surface area contributed by atoms with Gasteiger partial charge in [-0.15, -0.1) is 0 Å². The van der Waals surface area contributed by atoms with E-state index in [-0.39, 0.29) is 17.7 Å². The Morgan fingerprint density at radius 2 is 1.43 bits per heavy atom. The molecular weight excluding hydrogens is 360 g/mol. The molecule has 7 nitrogen and oxygen atoms in total. The van der Waals surface area contributed by atoms with Crippen molar-refractivity contribution in [1.29, 1.82) is 0 Å². The van der Waals surface area contributed by atoms with Crippen LogP contribution in [0.25, 0.3) is 0 Å². The Morgan fingerprint density at radius 3 is 1.93 bits per heavy atom. The number of alkyl carbamates (subject to hydrolysis) is 1. The Kier molecular flexibility index (Phi) is 14.2. The maximum atomic E-state index is 12.8. The molecule has 0 heterocycles. The molecule has 0 aromatic rings. The van der Waals surface area contributed by atoms with E-state index in [1.807, 2.05) is 41.5 Å². The maximum Gasteiger partial charge on any atom is 0.407 e. The third-order valence-corrected chi connectivity index (χ3v) is 4.55. The van der Waals surface area contributed by atoms with Crippen LogP contribution in [0.1, 0.15) is 80.1 Å². The van der Waals surface area contributed by atoms with Crippen LogP contribution < -0.4 is 10.6 Å². The number of unbranched alkanes of at least 4 members (excludes halogenated alkanes) is 2. The topological polar surface area (TPSA) is 93.7 Å². The lowest BCUT2D eigenvalue weighted by molar-refractivity contribution is -0.149. The number of amides is 2. The zero-order chi connectivity index (χ0) is 21.5. The highest BCUT2D eigenvalue weighted by molar-refractivity contribution is 5.89. The Balaban J connectivity index is 5.03. The minimum absolute atomic E-state index is 0.0747. The maximum absolute atomic E-state index is 12.8. The third kappa shape index (κ3) is 11.1. The summed E-state index contributed by atoms with van der Waals surface area (Å²) in [5.41, 5.74) is 0. The standard InChI is InChI=1S/C21H40N2O5/c1-7-10-12-27-20(25)18(16(6)9-3)23-19(24)17(14-15(4)5)22-21(26)28-13-11-8-2/h15-18H,7-14H2,1-6H3,(H,22,26)(H,23,24). The number of hydrogen-bond donors (Lipinski definition) is 2. The summed E-state index contributed by atoms with van der Waals surface area (Å²) in [6, 6.07) is -1.49. The van der Waals surface area contributed by atoms with E-state index < -0.39 is 24.1 Å². The lowest BCUT2D eigenvalue weighted by Crippen LogP contribution is -2.54. The Hall–Kier alpha value is -1.79. The molecule has 0 spiro atoms.